The highest BCUT2D eigenvalue weighted by molar-refractivity contribution is 5.90. The maximum Gasteiger partial charge on any atom is 0.338 e. The van der Waals surface area contributed by atoms with E-state index in [-0.39, 0.29) is 34.3 Å². The second-order valence-corrected chi connectivity index (χ2v) is 14.8. The van der Waals surface area contributed by atoms with Crippen molar-refractivity contribution in [2.75, 3.05) is 36.0 Å². The van der Waals surface area contributed by atoms with Gasteiger partial charge in [-0.15, -0.1) is 0 Å². The van der Waals surface area contributed by atoms with Crippen molar-refractivity contribution >= 4 is 34.9 Å². The lowest BCUT2D eigenvalue weighted by atomic mass is 10.0. The van der Waals surface area contributed by atoms with Gasteiger partial charge in [0.2, 0.25) is 0 Å². The summed E-state index contributed by atoms with van der Waals surface area (Å²) in [6, 6.07) is 10.9. The fraction of sp³-hybridized carbons (Fsp3) is 0.450. The zero-order valence-corrected chi connectivity index (χ0v) is 31.4. The van der Waals surface area contributed by atoms with Gasteiger partial charge in [0.1, 0.15) is 36.5 Å². The van der Waals surface area contributed by atoms with Gasteiger partial charge in [0.25, 0.3) is 11.4 Å². The highest BCUT2D eigenvalue weighted by atomic mass is 16.6. The number of nitro benzene ring substituents is 2. The van der Waals surface area contributed by atoms with Crippen LogP contribution in [0.5, 0.6) is 0 Å². The Labute approximate surface area is 323 Å². The van der Waals surface area contributed by atoms with Crippen LogP contribution in [0.4, 0.5) is 23.0 Å². The molecule has 0 amide bonds. The lowest BCUT2D eigenvalue weighted by Gasteiger charge is -2.29. The topological polar surface area (TPSA) is 197 Å². The minimum Gasteiger partial charge on any atom is -0.452 e. The standard InChI is InChI=1S/2C20H22N4O4/c2*1-13-11-16(28-20(25)14-5-7-15(8-6-14)24(26)27)18-17(13)19(22-12-21-18)23-9-3-2-4-10-23/h2*5-8,12-13,16H,2-4,9-11H2,1H3/t13-,16+;13-,16-/m11/s1. The van der Waals surface area contributed by atoms with Crippen molar-refractivity contribution in [1.82, 2.24) is 19.9 Å². The minimum absolute atomic E-state index is 0.0599. The molecule has 292 valence electrons. The van der Waals surface area contributed by atoms with Crippen molar-refractivity contribution in [3.05, 3.63) is 115 Å². The SMILES string of the molecule is C[C@@H]1C[C@@H](OC(=O)c2ccc([N+](=O)[O-])cc2)c2ncnc(N3CCCCC3)c21.C[C@@H]1C[C@H](OC(=O)c2ccc([N+](=O)[O-])cc2)c2ncnc(N3CCCCC3)c21. The van der Waals surface area contributed by atoms with Gasteiger partial charge in [-0.05, 0) is 87.5 Å². The predicted octanol–water partition coefficient (Wildman–Crippen LogP) is 7.56. The Morgan fingerprint density at radius 3 is 1.29 bits per heavy atom. The van der Waals surface area contributed by atoms with E-state index in [0.717, 1.165) is 86.0 Å². The zero-order valence-electron chi connectivity index (χ0n) is 31.4. The third-order valence-electron chi connectivity index (χ3n) is 11.0. The number of rotatable bonds is 8. The third kappa shape index (κ3) is 8.14. The lowest BCUT2D eigenvalue weighted by Crippen LogP contribution is -2.31. The van der Waals surface area contributed by atoms with E-state index in [2.05, 4.69) is 43.6 Å². The number of nitrogens with zero attached hydrogens (tertiary/aromatic N) is 8. The van der Waals surface area contributed by atoms with E-state index >= 15 is 0 Å². The second kappa shape index (κ2) is 16.8. The molecule has 2 aliphatic heterocycles. The average Bonchev–Trinajstić information content (AvgIpc) is 3.73. The summed E-state index contributed by atoms with van der Waals surface area (Å²) in [5.74, 6) is 1.32. The van der Waals surface area contributed by atoms with E-state index in [1.165, 1.54) is 61.4 Å². The first kappa shape index (κ1) is 38.2. The molecule has 0 bridgehead atoms. The molecule has 0 spiro atoms. The number of anilines is 2. The summed E-state index contributed by atoms with van der Waals surface area (Å²) < 4.78 is 11.4. The maximum absolute atomic E-state index is 12.5. The molecule has 4 aromatic rings. The number of aromatic nitrogens is 4. The van der Waals surface area contributed by atoms with Gasteiger partial charge in [-0.3, -0.25) is 20.2 Å². The fourth-order valence-electron chi connectivity index (χ4n) is 8.12. The first-order valence-corrected chi connectivity index (χ1v) is 19.2. The Balaban J connectivity index is 0.000000172. The molecule has 0 saturated carbocycles. The van der Waals surface area contributed by atoms with E-state index in [0.29, 0.717) is 12.8 Å². The van der Waals surface area contributed by atoms with Crippen LogP contribution >= 0.6 is 0 Å². The van der Waals surface area contributed by atoms with E-state index in [1.807, 2.05) is 0 Å². The van der Waals surface area contributed by atoms with Gasteiger partial charge in [0.15, 0.2) is 0 Å². The number of benzene rings is 2. The van der Waals surface area contributed by atoms with Crippen LogP contribution in [0.2, 0.25) is 0 Å². The number of ether oxygens (including phenoxy) is 2. The smallest absolute Gasteiger partial charge is 0.338 e. The number of piperidine rings is 2. The molecule has 2 aliphatic carbocycles. The Morgan fingerprint density at radius 1 is 0.589 bits per heavy atom. The molecule has 2 aromatic carbocycles. The van der Waals surface area contributed by atoms with Gasteiger partial charge in [0.05, 0.1) is 32.4 Å². The molecule has 4 atom stereocenters. The van der Waals surface area contributed by atoms with Crippen LogP contribution < -0.4 is 9.80 Å². The Hall–Kier alpha value is -6.06. The summed E-state index contributed by atoms with van der Waals surface area (Å²) in [6.45, 7) is 8.17. The molecular formula is C40H44N8O8. The molecule has 4 aliphatic rings. The predicted molar refractivity (Wildman–Crippen MR) is 205 cm³/mol. The van der Waals surface area contributed by atoms with Gasteiger partial charge in [0, 0.05) is 61.6 Å². The third-order valence-corrected chi connectivity index (χ3v) is 11.0. The first-order chi connectivity index (χ1) is 27.1. The summed E-state index contributed by atoms with van der Waals surface area (Å²) in [6.07, 6.45) is 10.7. The summed E-state index contributed by atoms with van der Waals surface area (Å²) in [5.41, 5.74) is 4.16. The van der Waals surface area contributed by atoms with Gasteiger partial charge in [-0.25, -0.2) is 29.5 Å². The van der Waals surface area contributed by atoms with Crippen LogP contribution in [0.25, 0.3) is 0 Å². The summed E-state index contributed by atoms with van der Waals surface area (Å²) in [5, 5.41) is 21.5. The molecule has 16 heteroatoms. The lowest BCUT2D eigenvalue weighted by molar-refractivity contribution is -0.385. The highest BCUT2D eigenvalue weighted by Crippen LogP contribution is 2.46. The number of hydrogen-bond donors (Lipinski definition) is 0. The van der Waals surface area contributed by atoms with Crippen molar-refractivity contribution in [2.45, 2.75) is 89.3 Å². The molecule has 2 aromatic heterocycles. The van der Waals surface area contributed by atoms with Crippen LogP contribution in [0.15, 0.2) is 61.2 Å². The Morgan fingerprint density at radius 2 is 0.946 bits per heavy atom. The number of fused-ring (bicyclic) bond motifs is 2. The molecule has 2 saturated heterocycles. The zero-order chi connectivity index (χ0) is 39.3. The summed E-state index contributed by atoms with van der Waals surface area (Å²) in [7, 11) is 0. The molecule has 0 N–H and O–H groups in total. The van der Waals surface area contributed by atoms with Crippen LogP contribution in [-0.2, 0) is 9.47 Å². The van der Waals surface area contributed by atoms with Crippen molar-refractivity contribution in [3.8, 4) is 0 Å². The number of non-ortho nitro benzene ring substituents is 2. The van der Waals surface area contributed by atoms with Crippen molar-refractivity contribution in [3.63, 3.8) is 0 Å². The average molecular weight is 765 g/mol. The fourth-order valence-corrected chi connectivity index (χ4v) is 8.12. The molecule has 0 radical (unpaired) electrons. The van der Waals surface area contributed by atoms with Gasteiger partial charge in [-0.1, -0.05) is 13.8 Å². The van der Waals surface area contributed by atoms with E-state index in [4.69, 9.17) is 9.47 Å². The Bertz CT molecular complexity index is 1940. The van der Waals surface area contributed by atoms with E-state index in [9.17, 15) is 29.8 Å². The van der Waals surface area contributed by atoms with Crippen molar-refractivity contribution in [1.29, 1.82) is 0 Å². The largest absolute Gasteiger partial charge is 0.452 e. The molecule has 0 unspecified atom stereocenters. The van der Waals surface area contributed by atoms with Crippen LogP contribution in [0, 0.1) is 20.2 Å². The summed E-state index contributed by atoms with van der Waals surface area (Å²) >= 11 is 0. The number of esters is 2. The molecule has 56 heavy (non-hydrogen) atoms. The number of carbonyl (C=O) groups excluding carboxylic acids is 2. The number of nitro groups is 2. The normalized spacial score (nSPS) is 21.2. The highest BCUT2D eigenvalue weighted by Gasteiger charge is 2.38. The monoisotopic (exact) mass is 764 g/mol. The number of carbonyl (C=O) groups is 2. The van der Waals surface area contributed by atoms with E-state index < -0.39 is 34.0 Å². The molecule has 4 heterocycles. The van der Waals surface area contributed by atoms with Crippen molar-refractivity contribution in [2.24, 2.45) is 0 Å². The minimum atomic E-state index is -0.502. The molecule has 2 fully saturated rings. The molecular weight excluding hydrogens is 720 g/mol. The van der Waals surface area contributed by atoms with Gasteiger partial charge in [-0.2, -0.15) is 0 Å². The molecule has 8 rings (SSSR count). The number of hydrogen-bond acceptors (Lipinski definition) is 14. The van der Waals surface area contributed by atoms with Crippen LogP contribution in [0.3, 0.4) is 0 Å². The maximum atomic E-state index is 12.5. The van der Waals surface area contributed by atoms with Crippen LogP contribution in [0.1, 0.15) is 132 Å². The van der Waals surface area contributed by atoms with Gasteiger partial charge >= 0.3 is 11.9 Å². The van der Waals surface area contributed by atoms with Crippen molar-refractivity contribution < 1.29 is 28.9 Å². The summed E-state index contributed by atoms with van der Waals surface area (Å²) in [4.78, 5) is 68.2. The van der Waals surface area contributed by atoms with E-state index in [1.54, 1.807) is 12.7 Å². The Kier molecular flexibility index (Phi) is 11.4. The molecule has 16 nitrogen and oxygen atoms in total. The van der Waals surface area contributed by atoms with Crippen LogP contribution in [-0.4, -0.2) is 67.9 Å². The first-order valence-electron chi connectivity index (χ1n) is 19.2. The van der Waals surface area contributed by atoms with Gasteiger partial charge < -0.3 is 19.3 Å². The quantitative estimate of drug-likeness (QED) is 0.0967. The second-order valence-electron chi connectivity index (χ2n) is 14.8.